The van der Waals surface area contributed by atoms with Crippen molar-refractivity contribution in [3.8, 4) is 11.4 Å². The van der Waals surface area contributed by atoms with Crippen molar-refractivity contribution in [2.75, 3.05) is 12.4 Å². The van der Waals surface area contributed by atoms with E-state index in [1.54, 1.807) is 30.0 Å². The number of rotatable bonds is 9. The monoisotopic (exact) mass is 419 g/mol. The highest BCUT2D eigenvalue weighted by atomic mass is 35.5. The Balaban J connectivity index is 1.67. The van der Waals surface area contributed by atoms with Crippen molar-refractivity contribution in [3.63, 3.8) is 0 Å². The predicted octanol–water partition coefficient (Wildman–Crippen LogP) is 5.86. The number of ether oxygens (including phenoxy) is 1. The first-order valence-corrected chi connectivity index (χ1v) is 10.2. The molecule has 0 saturated carbocycles. The fourth-order valence-corrected chi connectivity index (χ4v) is 3.70. The molecule has 0 atom stereocenters. The van der Waals surface area contributed by atoms with Crippen LogP contribution in [0.2, 0.25) is 10.0 Å². The van der Waals surface area contributed by atoms with E-state index in [0.717, 1.165) is 35.3 Å². The molecule has 0 radical (unpaired) electrons. The summed E-state index contributed by atoms with van der Waals surface area (Å²) in [5, 5.41) is 10.7. The van der Waals surface area contributed by atoms with Crippen LogP contribution in [0.25, 0.3) is 5.69 Å². The zero-order chi connectivity index (χ0) is 19.1. The molecule has 0 aliphatic rings. The molecule has 0 aliphatic carbocycles. The van der Waals surface area contributed by atoms with Gasteiger partial charge in [-0.15, -0.1) is 16.8 Å². The van der Waals surface area contributed by atoms with E-state index in [-0.39, 0.29) is 0 Å². The van der Waals surface area contributed by atoms with Crippen molar-refractivity contribution in [1.82, 2.24) is 14.8 Å². The van der Waals surface area contributed by atoms with Gasteiger partial charge in [0.1, 0.15) is 11.6 Å². The standard InChI is InChI=1S/C20H19Cl2N3OS/c1-2-13-27-20-24-23-19(25(20)16-7-4-3-5-8-16)9-6-12-26-18-11-10-15(21)14-17(18)22/h2-5,7-8,10-11,14H,1,6,9,12-13H2. The lowest BCUT2D eigenvalue weighted by Gasteiger charge is -2.11. The van der Waals surface area contributed by atoms with Gasteiger partial charge in [-0.05, 0) is 36.8 Å². The molecular formula is C20H19Cl2N3OS. The number of para-hydroxylation sites is 1. The van der Waals surface area contributed by atoms with E-state index in [0.29, 0.717) is 22.4 Å². The summed E-state index contributed by atoms with van der Waals surface area (Å²) in [5.41, 5.74) is 1.05. The van der Waals surface area contributed by atoms with Gasteiger partial charge in [0.2, 0.25) is 0 Å². The first-order chi connectivity index (χ1) is 13.2. The number of nitrogens with zero attached hydrogens (tertiary/aromatic N) is 3. The van der Waals surface area contributed by atoms with Gasteiger partial charge < -0.3 is 4.74 Å². The topological polar surface area (TPSA) is 39.9 Å². The van der Waals surface area contributed by atoms with Crippen LogP contribution in [0.1, 0.15) is 12.2 Å². The van der Waals surface area contributed by atoms with E-state index >= 15 is 0 Å². The van der Waals surface area contributed by atoms with Crippen LogP contribution in [0.15, 0.2) is 66.3 Å². The Kier molecular flexibility index (Phi) is 7.21. The molecule has 0 aliphatic heterocycles. The molecular weight excluding hydrogens is 401 g/mol. The SMILES string of the molecule is C=CCSc1nnc(CCCOc2ccc(Cl)cc2Cl)n1-c1ccccc1. The molecule has 3 rings (SSSR count). The van der Waals surface area contributed by atoms with E-state index in [1.807, 2.05) is 24.3 Å². The number of aryl methyl sites for hydroxylation is 1. The van der Waals surface area contributed by atoms with Gasteiger partial charge in [0.15, 0.2) is 5.16 Å². The molecule has 1 aromatic heterocycles. The largest absolute Gasteiger partial charge is 0.492 e. The Hall–Kier alpha value is -1.95. The highest BCUT2D eigenvalue weighted by Crippen LogP contribution is 2.28. The normalized spacial score (nSPS) is 10.7. The molecule has 140 valence electrons. The van der Waals surface area contributed by atoms with Crippen molar-refractivity contribution in [2.45, 2.75) is 18.0 Å². The van der Waals surface area contributed by atoms with Crippen molar-refractivity contribution in [2.24, 2.45) is 0 Å². The van der Waals surface area contributed by atoms with Crippen molar-refractivity contribution >= 4 is 35.0 Å². The second-order valence-electron chi connectivity index (χ2n) is 5.70. The van der Waals surface area contributed by atoms with Crippen LogP contribution >= 0.6 is 35.0 Å². The van der Waals surface area contributed by atoms with E-state index < -0.39 is 0 Å². The summed E-state index contributed by atoms with van der Waals surface area (Å²) in [4.78, 5) is 0. The average molecular weight is 420 g/mol. The van der Waals surface area contributed by atoms with Gasteiger partial charge in [0.05, 0.1) is 11.6 Å². The first kappa shape index (κ1) is 19.8. The molecule has 7 heteroatoms. The highest BCUT2D eigenvalue weighted by Gasteiger charge is 2.14. The van der Waals surface area contributed by atoms with Gasteiger partial charge >= 0.3 is 0 Å². The molecule has 27 heavy (non-hydrogen) atoms. The van der Waals surface area contributed by atoms with Crippen LogP contribution in [0.3, 0.4) is 0 Å². The third-order valence-corrected chi connectivity index (χ3v) is 5.20. The van der Waals surface area contributed by atoms with E-state index in [1.165, 1.54) is 0 Å². The summed E-state index contributed by atoms with van der Waals surface area (Å²) >= 11 is 13.7. The van der Waals surface area contributed by atoms with Crippen LogP contribution in [-0.2, 0) is 6.42 Å². The Morgan fingerprint density at radius 1 is 1.11 bits per heavy atom. The molecule has 0 bridgehead atoms. The van der Waals surface area contributed by atoms with Crippen LogP contribution in [0, 0.1) is 0 Å². The zero-order valence-electron chi connectivity index (χ0n) is 14.6. The third-order valence-electron chi connectivity index (χ3n) is 3.74. The third kappa shape index (κ3) is 5.28. The Morgan fingerprint density at radius 3 is 2.67 bits per heavy atom. The van der Waals surface area contributed by atoms with E-state index in [4.69, 9.17) is 27.9 Å². The van der Waals surface area contributed by atoms with E-state index in [2.05, 4.69) is 33.5 Å². The number of benzene rings is 2. The maximum Gasteiger partial charge on any atom is 0.196 e. The lowest BCUT2D eigenvalue weighted by molar-refractivity contribution is 0.309. The van der Waals surface area contributed by atoms with Crippen molar-refractivity contribution in [3.05, 3.63) is 77.1 Å². The van der Waals surface area contributed by atoms with Gasteiger partial charge in [0, 0.05) is 22.9 Å². The summed E-state index contributed by atoms with van der Waals surface area (Å²) in [7, 11) is 0. The molecule has 0 fully saturated rings. The summed E-state index contributed by atoms with van der Waals surface area (Å²) < 4.78 is 7.85. The summed E-state index contributed by atoms with van der Waals surface area (Å²) in [6.45, 7) is 4.30. The number of thioether (sulfide) groups is 1. The Labute approximate surface area is 173 Å². The molecule has 2 aromatic carbocycles. The van der Waals surface area contributed by atoms with E-state index in [9.17, 15) is 0 Å². The summed E-state index contributed by atoms with van der Waals surface area (Å²) in [6.07, 6.45) is 3.38. The Bertz CT molecular complexity index is 899. The molecule has 0 N–H and O–H groups in total. The van der Waals surface area contributed by atoms with Crippen molar-refractivity contribution in [1.29, 1.82) is 0 Å². The second kappa shape index (κ2) is 9.83. The molecule has 0 unspecified atom stereocenters. The minimum absolute atomic E-state index is 0.512. The second-order valence-corrected chi connectivity index (χ2v) is 7.53. The molecule has 4 nitrogen and oxygen atoms in total. The van der Waals surface area contributed by atoms with Gasteiger partial charge in [-0.25, -0.2) is 0 Å². The minimum Gasteiger partial charge on any atom is -0.492 e. The average Bonchev–Trinajstić information content (AvgIpc) is 3.08. The minimum atomic E-state index is 0.512. The maximum atomic E-state index is 6.14. The van der Waals surface area contributed by atoms with Crippen LogP contribution < -0.4 is 4.74 Å². The van der Waals surface area contributed by atoms with Crippen molar-refractivity contribution < 1.29 is 4.74 Å². The number of aromatic nitrogens is 3. The molecule has 0 spiro atoms. The quantitative estimate of drug-likeness (QED) is 0.247. The summed E-state index contributed by atoms with van der Waals surface area (Å²) in [6, 6.07) is 15.3. The van der Waals surface area contributed by atoms with Gasteiger partial charge in [-0.2, -0.15) is 0 Å². The lowest BCUT2D eigenvalue weighted by Crippen LogP contribution is -2.06. The lowest BCUT2D eigenvalue weighted by atomic mass is 10.2. The zero-order valence-corrected chi connectivity index (χ0v) is 17.0. The fraction of sp³-hybridized carbons (Fsp3) is 0.200. The molecule has 0 amide bonds. The van der Waals surface area contributed by atoms with Crippen LogP contribution in [0.5, 0.6) is 5.75 Å². The van der Waals surface area contributed by atoms with Gasteiger partial charge in [-0.1, -0.05) is 59.2 Å². The number of hydrogen-bond acceptors (Lipinski definition) is 4. The maximum absolute atomic E-state index is 6.14. The molecule has 1 heterocycles. The summed E-state index contributed by atoms with van der Waals surface area (Å²) in [5.74, 6) is 2.31. The molecule has 0 saturated heterocycles. The van der Waals surface area contributed by atoms with Crippen LogP contribution in [0.4, 0.5) is 0 Å². The number of halogens is 2. The highest BCUT2D eigenvalue weighted by molar-refractivity contribution is 7.99. The fourth-order valence-electron chi connectivity index (χ4n) is 2.53. The molecule has 3 aromatic rings. The van der Waals surface area contributed by atoms with Crippen LogP contribution in [-0.4, -0.2) is 27.1 Å². The smallest absolute Gasteiger partial charge is 0.196 e. The van der Waals surface area contributed by atoms with Gasteiger partial charge in [0.25, 0.3) is 0 Å². The van der Waals surface area contributed by atoms with Gasteiger partial charge in [-0.3, -0.25) is 4.57 Å². The predicted molar refractivity (Wildman–Crippen MR) is 113 cm³/mol. The Morgan fingerprint density at radius 2 is 1.93 bits per heavy atom. The number of hydrogen-bond donors (Lipinski definition) is 0. The first-order valence-electron chi connectivity index (χ1n) is 8.50.